The van der Waals surface area contributed by atoms with Crippen LogP contribution in [0.1, 0.15) is 19.8 Å². The number of allylic oxidation sites excluding steroid dienone is 2. The summed E-state index contributed by atoms with van der Waals surface area (Å²) in [5, 5.41) is 0. The number of hydrogen-bond acceptors (Lipinski definition) is 6. The molecule has 116 valence electrons. The summed E-state index contributed by atoms with van der Waals surface area (Å²) in [6.07, 6.45) is 4.89. The van der Waals surface area contributed by atoms with Crippen molar-refractivity contribution in [3.05, 3.63) is 24.3 Å². The highest BCUT2D eigenvalue weighted by atomic mass is 16.7. The van der Waals surface area contributed by atoms with E-state index in [4.69, 9.17) is 19.9 Å². The van der Waals surface area contributed by atoms with Crippen molar-refractivity contribution < 1.29 is 14.2 Å². The topological polar surface area (TPSA) is 77.8 Å². The highest BCUT2D eigenvalue weighted by Gasteiger charge is 2.23. The molecule has 0 aliphatic carbocycles. The molecule has 1 saturated heterocycles. The van der Waals surface area contributed by atoms with Crippen LogP contribution in [0.15, 0.2) is 24.3 Å². The van der Waals surface area contributed by atoms with E-state index in [1.165, 1.54) is 0 Å². The first-order chi connectivity index (χ1) is 9.71. The Labute approximate surface area is 121 Å². The van der Waals surface area contributed by atoms with Crippen LogP contribution in [0.5, 0.6) is 0 Å². The van der Waals surface area contributed by atoms with E-state index in [-0.39, 0.29) is 18.6 Å². The zero-order chi connectivity index (χ0) is 14.8. The maximum Gasteiger partial charge on any atom is 0.180 e. The molecular formula is C14H27N3O3. The van der Waals surface area contributed by atoms with Crippen molar-refractivity contribution >= 4 is 0 Å². The Bertz CT molecular complexity index is 302. The van der Waals surface area contributed by atoms with Crippen molar-refractivity contribution in [1.82, 2.24) is 10.9 Å². The molecule has 1 rings (SSSR count). The van der Waals surface area contributed by atoms with Crippen LogP contribution in [0.3, 0.4) is 0 Å². The van der Waals surface area contributed by atoms with Crippen LogP contribution in [-0.4, -0.2) is 45.4 Å². The molecular weight excluding hydrogens is 258 g/mol. The number of methoxy groups -OCH3 is 1. The molecule has 0 saturated carbocycles. The van der Waals surface area contributed by atoms with Crippen LogP contribution in [0, 0.1) is 0 Å². The number of hydrazine groups is 1. The second-order valence-corrected chi connectivity index (χ2v) is 4.67. The molecule has 1 fully saturated rings. The fraction of sp³-hybridized carbons (Fsp3) is 0.714. The van der Waals surface area contributed by atoms with Gasteiger partial charge in [0, 0.05) is 13.7 Å². The fourth-order valence-corrected chi connectivity index (χ4v) is 1.93. The maximum atomic E-state index is 5.74. The van der Waals surface area contributed by atoms with Crippen LogP contribution in [0.2, 0.25) is 0 Å². The van der Waals surface area contributed by atoms with Gasteiger partial charge in [-0.25, -0.2) is 5.43 Å². The van der Waals surface area contributed by atoms with Crippen LogP contribution in [0.25, 0.3) is 0 Å². The summed E-state index contributed by atoms with van der Waals surface area (Å²) in [7, 11) is 1.68. The molecule has 20 heavy (non-hydrogen) atoms. The Morgan fingerprint density at radius 1 is 1.50 bits per heavy atom. The lowest BCUT2D eigenvalue weighted by Crippen LogP contribution is -2.43. The lowest BCUT2D eigenvalue weighted by Gasteiger charge is -2.29. The third-order valence-electron chi connectivity index (χ3n) is 2.98. The lowest BCUT2D eigenvalue weighted by molar-refractivity contribution is -0.165. The van der Waals surface area contributed by atoms with Crippen molar-refractivity contribution in [1.29, 1.82) is 0 Å². The fourth-order valence-electron chi connectivity index (χ4n) is 1.93. The highest BCUT2D eigenvalue weighted by Crippen LogP contribution is 2.19. The highest BCUT2D eigenvalue weighted by molar-refractivity contribution is 5.13. The Balaban J connectivity index is 2.46. The van der Waals surface area contributed by atoms with Crippen LogP contribution < -0.4 is 16.6 Å². The van der Waals surface area contributed by atoms with Gasteiger partial charge in [0.1, 0.15) is 6.23 Å². The summed E-state index contributed by atoms with van der Waals surface area (Å²) in [5.41, 5.74) is 12.9. The molecule has 0 bridgehead atoms. The first kappa shape index (κ1) is 17.3. The van der Waals surface area contributed by atoms with Crippen molar-refractivity contribution in [3.8, 4) is 0 Å². The second kappa shape index (κ2) is 10.0. The first-order valence-corrected chi connectivity index (χ1v) is 7.02. The summed E-state index contributed by atoms with van der Waals surface area (Å²) in [6.45, 7) is 7.63. The normalized spacial score (nSPS) is 25.4. The van der Waals surface area contributed by atoms with Gasteiger partial charge in [-0.1, -0.05) is 25.7 Å². The van der Waals surface area contributed by atoms with Gasteiger partial charge in [-0.2, -0.15) is 0 Å². The summed E-state index contributed by atoms with van der Waals surface area (Å²) in [4.78, 5) is 0. The quantitative estimate of drug-likeness (QED) is 0.328. The third kappa shape index (κ3) is 6.13. The van der Waals surface area contributed by atoms with E-state index in [1.54, 1.807) is 13.2 Å². The summed E-state index contributed by atoms with van der Waals surface area (Å²) in [6, 6.07) is -0.0432. The molecule has 1 heterocycles. The van der Waals surface area contributed by atoms with E-state index in [0.717, 1.165) is 25.0 Å². The number of ether oxygens (including phenoxy) is 3. The van der Waals surface area contributed by atoms with Gasteiger partial charge in [0.25, 0.3) is 0 Å². The molecule has 6 nitrogen and oxygen atoms in total. The molecule has 4 N–H and O–H groups in total. The monoisotopic (exact) mass is 285 g/mol. The molecule has 0 radical (unpaired) electrons. The molecule has 1 aliphatic rings. The molecule has 0 unspecified atom stereocenters. The minimum absolute atomic E-state index is 0.0432. The van der Waals surface area contributed by atoms with Crippen molar-refractivity contribution in [2.24, 2.45) is 5.73 Å². The van der Waals surface area contributed by atoms with Gasteiger partial charge in [-0.3, -0.25) is 5.43 Å². The van der Waals surface area contributed by atoms with Crippen LogP contribution in [0.4, 0.5) is 0 Å². The Hall–Kier alpha value is -0.760. The zero-order valence-corrected chi connectivity index (χ0v) is 12.4. The number of hydrogen-bond donors (Lipinski definition) is 3. The van der Waals surface area contributed by atoms with Gasteiger partial charge in [0.2, 0.25) is 0 Å². The van der Waals surface area contributed by atoms with Gasteiger partial charge in [0.15, 0.2) is 6.29 Å². The van der Waals surface area contributed by atoms with Crippen molar-refractivity contribution in [2.75, 3.05) is 26.9 Å². The average Bonchev–Trinajstić information content (AvgIpc) is 2.47. The molecule has 0 aromatic carbocycles. The summed E-state index contributed by atoms with van der Waals surface area (Å²) in [5.74, 6) is 0. The standard InChI is InChI=1S/C14H27N3O3/c1-4-6-11(14-19-9-12(15)10-20-14)7-8-13(18-3)17-16-5-2/h4,6,12-14,16-17H,1,5,7-10,15H2,2-3H3/b11-6+/t12?,13-,14?/m1/s1. The number of nitrogens with two attached hydrogens (primary N) is 1. The van der Waals surface area contributed by atoms with Gasteiger partial charge in [-0.05, 0) is 18.4 Å². The van der Waals surface area contributed by atoms with Crippen LogP contribution >= 0.6 is 0 Å². The third-order valence-corrected chi connectivity index (χ3v) is 2.98. The molecule has 6 heteroatoms. The molecule has 1 atom stereocenters. The smallest absolute Gasteiger partial charge is 0.180 e. The number of rotatable bonds is 9. The number of nitrogens with one attached hydrogen (secondary N) is 2. The first-order valence-electron chi connectivity index (χ1n) is 7.02. The minimum atomic E-state index is -0.329. The van der Waals surface area contributed by atoms with Crippen molar-refractivity contribution in [3.63, 3.8) is 0 Å². The van der Waals surface area contributed by atoms with Crippen molar-refractivity contribution in [2.45, 2.75) is 38.3 Å². The SMILES string of the molecule is C=C/C=C(\CC[C@H](NNCC)OC)C1OCC(N)CO1. The van der Waals surface area contributed by atoms with E-state index in [2.05, 4.69) is 17.4 Å². The maximum absolute atomic E-state index is 5.74. The summed E-state index contributed by atoms with van der Waals surface area (Å²) >= 11 is 0. The van der Waals surface area contributed by atoms with Gasteiger partial charge >= 0.3 is 0 Å². The van der Waals surface area contributed by atoms with E-state index in [9.17, 15) is 0 Å². The van der Waals surface area contributed by atoms with E-state index < -0.39 is 0 Å². The molecule has 0 aromatic rings. The van der Waals surface area contributed by atoms with Gasteiger partial charge in [0.05, 0.1) is 19.3 Å². The predicted octanol–water partition coefficient (Wildman–Crippen LogP) is 0.666. The second-order valence-electron chi connectivity index (χ2n) is 4.67. The predicted molar refractivity (Wildman–Crippen MR) is 78.8 cm³/mol. The Kier molecular flexibility index (Phi) is 8.68. The zero-order valence-electron chi connectivity index (χ0n) is 12.4. The lowest BCUT2D eigenvalue weighted by atomic mass is 10.1. The summed E-state index contributed by atoms with van der Waals surface area (Å²) < 4.78 is 16.6. The molecule has 1 aliphatic heterocycles. The van der Waals surface area contributed by atoms with Crippen LogP contribution in [-0.2, 0) is 14.2 Å². The Morgan fingerprint density at radius 3 is 2.75 bits per heavy atom. The largest absolute Gasteiger partial charge is 0.365 e. The van der Waals surface area contributed by atoms with E-state index in [0.29, 0.717) is 13.2 Å². The molecule has 0 aromatic heterocycles. The van der Waals surface area contributed by atoms with E-state index >= 15 is 0 Å². The van der Waals surface area contributed by atoms with Gasteiger partial charge < -0.3 is 19.9 Å². The van der Waals surface area contributed by atoms with Gasteiger partial charge in [-0.15, -0.1) is 0 Å². The minimum Gasteiger partial charge on any atom is -0.365 e. The van der Waals surface area contributed by atoms with E-state index in [1.807, 2.05) is 13.0 Å². The Morgan fingerprint density at radius 2 is 2.20 bits per heavy atom. The molecule has 0 spiro atoms. The average molecular weight is 285 g/mol. The molecule has 0 amide bonds.